The fourth-order valence-corrected chi connectivity index (χ4v) is 3.20. The standard InChI is InChI=1S/C20H24N2O3/c1-13-6-5-7-14(8-13)16-11-22(12-17(16)19(24)25)18(23)15(10-21)9-20(2,3)4/h5-9,16-17H,11-12H2,1-4H3,(H,24,25)/b15-9+/t16-,17+/m0/s1. The summed E-state index contributed by atoms with van der Waals surface area (Å²) in [5, 5.41) is 18.9. The van der Waals surface area contributed by atoms with Gasteiger partial charge < -0.3 is 10.0 Å². The summed E-state index contributed by atoms with van der Waals surface area (Å²) in [5.74, 6) is -2.24. The van der Waals surface area contributed by atoms with E-state index in [9.17, 15) is 20.0 Å². The summed E-state index contributed by atoms with van der Waals surface area (Å²) in [6, 6.07) is 9.68. The van der Waals surface area contributed by atoms with E-state index < -0.39 is 11.9 Å². The topological polar surface area (TPSA) is 81.4 Å². The lowest BCUT2D eigenvalue weighted by atomic mass is 9.88. The fraction of sp³-hybridized carbons (Fsp3) is 0.450. The van der Waals surface area contributed by atoms with Crippen molar-refractivity contribution in [3.05, 3.63) is 47.0 Å². The number of carboxylic acids is 1. The van der Waals surface area contributed by atoms with Gasteiger partial charge in [-0.3, -0.25) is 9.59 Å². The molecule has 1 amide bonds. The van der Waals surface area contributed by atoms with Crippen LogP contribution in [0.5, 0.6) is 0 Å². The Kier molecular flexibility index (Phi) is 5.32. The Bertz CT molecular complexity index is 753. The largest absolute Gasteiger partial charge is 0.481 e. The average molecular weight is 340 g/mol. The second-order valence-corrected chi connectivity index (χ2v) is 7.71. The Hall–Kier alpha value is -2.61. The Morgan fingerprint density at radius 1 is 1.32 bits per heavy atom. The van der Waals surface area contributed by atoms with Gasteiger partial charge in [0, 0.05) is 19.0 Å². The van der Waals surface area contributed by atoms with Crippen LogP contribution in [0.1, 0.15) is 37.8 Å². The van der Waals surface area contributed by atoms with Gasteiger partial charge in [-0.1, -0.05) is 56.7 Å². The van der Waals surface area contributed by atoms with Gasteiger partial charge in [0.1, 0.15) is 11.6 Å². The minimum Gasteiger partial charge on any atom is -0.481 e. The van der Waals surface area contributed by atoms with Crippen molar-refractivity contribution < 1.29 is 14.7 Å². The number of hydrogen-bond acceptors (Lipinski definition) is 3. The SMILES string of the molecule is Cc1cccc([C@@H]2CN(C(=O)/C(C#N)=C/C(C)(C)C)C[C@H]2C(=O)O)c1. The number of nitriles is 1. The van der Waals surface area contributed by atoms with E-state index in [1.165, 1.54) is 4.90 Å². The van der Waals surface area contributed by atoms with Crippen LogP contribution in [0.3, 0.4) is 0 Å². The quantitative estimate of drug-likeness (QED) is 0.677. The van der Waals surface area contributed by atoms with Crippen LogP contribution in [0.25, 0.3) is 0 Å². The van der Waals surface area contributed by atoms with E-state index >= 15 is 0 Å². The number of carbonyl (C=O) groups excluding carboxylic acids is 1. The summed E-state index contributed by atoms with van der Waals surface area (Å²) in [5.41, 5.74) is 1.74. The third kappa shape index (κ3) is 4.48. The minimum atomic E-state index is -0.917. The molecule has 1 aliphatic heterocycles. The number of nitrogens with zero attached hydrogens (tertiary/aromatic N) is 2. The molecule has 5 nitrogen and oxygen atoms in total. The molecule has 25 heavy (non-hydrogen) atoms. The zero-order chi connectivity index (χ0) is 18.8. The molecule has 0 saturated carbocycles. The zero-order valence-electron chi connectivity index (χ0n) is 15.1. The summed E-state index contributed by atoms with van der Waals surface area (Å²) in [7, 11) is 0. The van der Waals surface area contributed by atoms with Crippen LogP contribution < -0.4 is 0 Å². The molecule has 0 spiro atoms. The molecular formula is C20H24N2O3. The van der Waals surface area contributed by atoms with Gasteiger partial charge in [0.05, 0.1) is 5.92 Å². The molecule has 0 unspecified atom stereocenters. The molecule has 2 rings (SSSR count). The van der Waals surface area contributed by atoms with E-state index in [4.69, 9.17) is 0 Å². The number of rotatable bonds is 3. The highest BCUT2D eigenvalue weighted by atomic mass is 16.4. The number of allylic oxidation sites excluding steroid dienone is 1. The predicted octanol–water partition coefficient (Wildman–Crippen LogP) is 3.12. The summed E-state index contributed by atoms with van der Waals surface area (Å²) in [6.45, 7) is 8.13. The molecule has 1 fully saturated rings. The van der Waals surface area contributed by atoms with Gasteiger partial charge in [0.2, 0.25) is 0 Å². The van der Waals surface area contributed by atoms with Crippen LogP contribution >= 0.6 is 0 Å². The Morgan fingerprint density at radius 3 is 2.52 bits per heavy atom. The lowest BCUT2D eigenvalue weighted by Gasteiger charge is -2.18. The molecule has 2 atom stereocenters. The molecule has 5 heteroatoms. The highest BCUT2D eigenvalue weighted by molar-refractivity contribution is 5.98. The zero-order valence-corrected chi connectivity index (χ0v) is 15.1. The highest BCUT2D eigenvalue weighted by Crippen LogP contribution is 2.34. The van der Waals surface area contributed by atoms with Crippen LogP contribution in [-0.4, -0.2) is 35.0 Å². The van der Waals surface area contributed by atoms with E-state index in [1.807, 2.05) is 58.0 Å². The van der Waals surface area contributed by atoms with E-state index in [1.54, 1.807) is 6.08 Å². The molecule has 0 aliphatic carbocycles. The predicted molar refractivity (Wildman–Crippen MR) is 94.8 cm³/mol. The van der Waals surface area contributed by atoms with Crippen molar-refractivity contribution in [2.45, 2.75) is 33.6 Å². The number of hydrogen-bond donors (Lipinski definition) is 1. The third-order valence-corrected chi connectivity index (χ3v) is 4.32. The average Bonchev–Trinajstić information content (AvgIpc) is 2.96. The first kappa shape index (κ1) is 18.7. The summed E-state index contributed by atoms with van der Waals surface area (Å²) >= 11 is 0. The molecule has 132 valence electrons. The van der Waals surface area contributed by atoms with Gasteiger partial charge >= 0.3 is 5.97 Å². The van der Waals surface area contributed by atoms with Crippen molar-refractivity contribution in [2.75, 3.05) is 13.1 Å². The van der Waals surface area contributed by atoms with E-state index in [-0.39, 0.29) is 29.4 Å². The lowest BCUT2D eigenvalue weighted by Crippen LogP contribution is -2.31. The summed E-state index contributed by atoms with van der Waals surface area (Å²) < 4.78 is 0. The maximum absolute atomic E-state index is 12.7. The van der Waals surface area contributed by atoms with E-state index in [0.717, 1.165) is 11.1 Å². The van der Waals surface area contributed by atoms with Crippen molar-refractivity contribution in [1.82, 2.24) is 4.90 Å². The smallest absolute Gasteiger partial charge is 0.308 e. The van der Waals surface area contributed by atoms with Gasteiger partial charge in [-0.15, -0.1) is 0 Å². The van der Waals surface area contributed by atoms with Gasteiger partial charge in [0.15, 0.2) is 0 Å². The summed E-state index contributed by atoms with van der Waals surface area (Å²) in [6.07, 6.45) is 1.64. The lowest BCUT2D eigenvalue weighted by molar-refractivity contribution is -0.141. The molecule has 1 aromatic rings. The second-order valence-electron chi connectivity index (χ2n) is 7.71. The first-order chi connectivity index (χ1) is 11.6. The summed E-state index contributed by atoms with van der Waals surface area (Å²) in [4.78, 5) is 25.9. The molecular weight excluding hydrogens is 316 g/mol. The highest BCUT2D eigenvalue weighted by Gasteiger charge is 2.41. The molecule has 1 N–H and O–H groups in total. The molecule has 1 saturated heterocycles. The van der Waals surface area contributed by atoms with E-state index in [0.29, 0.717) is 6.54 Å². The number of benzene rings is 1. The second kappa shape index (κ2) is 7.10. The fourth-order valence-electron chi connectivity index (χ4n) is 3.20. The van der Waals surface area contributed by atoms with Gasteiger partial charge in [0.25, 0.3) is 5.91 Å². The third-order valence-electron chi connectivity index (χ3n) is 4.32. The van der Waals surface area contributed by atoms with Crippen molar-refractivity contribution in [1.29, 1.82) is 5.26 Å². The number of carboxylic acid groups (broad SMARTS) is 1. The first-order valence-corrected chi connectivity index (χ1v) is 8.34. The number of likely N-dealkylation sites (tertiary alicyclic amines) is 1. The van der Waals surface area contributed by atoms with Crippen LogP contribution in [-0.2, 0) is 9.59 Å². The van der Waals surface area contributed by atoms with Crippen molar-refractivity contribution >= 4 is 11.9 Å². The van der Waals surface area contributed by atoms with Crippen molar-refractivity contribution in [3.8, 4) is 6.07 Å². The molecule has 0 aromatic heterocycles. The van der Waals surface area contributed by atoms with E-state index in [2.05, 4.69) is 0 Å². The van der Waals surface area contributed by atoms with Crippen molar-refractivity contribution in [3.63, 3.8) is 0 Å². The number of aliphatic carboxylic acids is 1. The van der Waals surface area contributed by atoms with Gasteiger partial charge in [-0.05, 0) is 17.9 Å². The van der Waals surface area contributed by atoms with Gasteiger partial charge in [-0.2, -0.15) is 5.26 Å². The normalized spacial score (nSPS) is 21.1. The molecule has 1 aromatic carbocycles. The molecule has 0 radical (unpaired) electrons. The Morgan fingerprint density at radius 2 is 2.00 bits per heavy atom. The number of amides is 1. The maximum Gasteiger partial charge on any atom is 0.308 e. The van der Waals surface area contributed by atoms with Crippen LogP contribution in [0.15, 0.2) is 35.9 Å². The molecule has 1 aliphatic rings. The van der Waals surface area contributed by atoms with Gasteiger partial charge in [-0.25, -0.2) is 0 Å². The molecule has 0 bridgehead atoms. The Labute approximate surface area is 148 Å². The maximum atomic E-state index is 12.7. The minimum absolute atomic E-state index is 0.0709. The molecule has 1 heterocycles. The van der Waals surface area contributed by atoms with Crippen molar-refractivity contribution in [2.24, 2.45) is 11.3 Å². The number of aryl methyl sites for hydroxylation is 1. The van der Waals surface area contributed by atoms with Crippen LogP contribution in [0, 0.1) is 29.6 Å². The monoisotopic (exact) mass is 340 g/mol. The first-order valence-electron chi connectivity index (χ1n) is 8.34. The van der Waals surface area contributed by atoms with Crippen LogP contribution in [0.4, 0.5) is 0 Å². The van der Waals surface area contributed by atoms with Crippen LogP contribution in [0.2, 0.25) is 0 Å². The Balaban J connectivity index is 2.31. The number of carbonyl (C=O) groups is 2.